The molecule has 0 aromatic heterocycles. The topological polar surface area (TPSA) is 79.0 Å². The maximum absolute atomic E-state index is 12.7. The summed E-state index contributed by atoms with van der Waals surface area (Å²) in [5.41, 5.74) is 1.30. The molecule has 0 saturated carbocycles. The molecule has 1 aromatic carbocycles. The lowest BCUT2D eigenvalue weighted by Crippen LogP contribution is -2.49. The summed E-state index contributed by atoms with van der Waals surface area (Å²) in [6.45, 7) is 8.63. The number of carbonyl (C=O) groups excluding carboxylic acids is 1. The monoisotopic (exact) mass is 517 g/mol. The molecule has 1 saturated heterocycles. The minimum atomic E-state index is -3.05. The molecule has 1 fully saturated rings. The second-order valence-corrected chi connectivity index (χ2v) is 12.5. The van der Waals surface area contributed by atoms with E-state index in [9.17, 15) is 13.2 Å². The lowest BCUT2D eigenvalue weighted by Gasteiger charge is -2.29. The van der Waals surface area contributed by atoms with Crippen molar-refractivity contribution in [1.29, 1.82) is 0 Å². The van der Waals surface area contributed by atoms with E-state index in [1.807, 2.05) is 25.1 Å². The Morgan fingerprint density at radius 3 is 2.52 bits per heavy atom. The lowest BCUT2D eigenvalue weighted by atomic mass is 9.87. The van der Waals surface area contributed by atoms with Crippen LogP contribution < -0.4 is 10.1 Å². The van der Waals surface area contributed by atoms with Crippen LogP contribution in [0.25, 0.3) is 0 Å². The second-order valence-electron chi connectivity index (χ2n) is 9.38. The van der Waals surface area contributed by atoms with Gasteiger partial charge in [0.25, 0.3) is 0 Å². The Bertz CT molecular complexity index is 853. The largest absolute Gasteiger partial charge is 0.492 e. The van der Waals surface area contributed by atoms with Gasteiger partial charge in [0.2, 0.25) is 0 Å². The van der Waals surface area contributed by atoms with Crippen LogP contribution in [0.4, 0.5) is 4.79 Å². The predicted molar refractivity (Wildman–Crippen MR) is 129 cm³/mol. The number of hydrogen-bond donors (Lipinski definition) is 1. The highest BCUT2D eigenvalue weighted by Gasteiger charge is 2.34. The quantitative estimate of drug-likeness (QED) is 0.508. The molecule has 1 aliphatic rings. The number of hydrogen-bond acceptors (Lipinski definition) is 5. The number of nitrogens with zero attached hydrogens (tertiary/aromatic N) is 2. The highest BCUT2D eigenvalue weighted by Crippen LogP contribution is 2.31. The maximum Gasteiger partial charge on any atom is 0.317 e. The zero-order valence-corrected chi connectivity index (χ0v) is 21.7. The fraction of sp³-hybridized carbons (Fsp3) is 0.682. The van der Waals surface area contributed by atoms with Crippen LogP contribution in [0.5, 0.6) is 5.75 Å². The van der Waals surface area contributed by atoms with Crippen LogP contribution in [0, 0.1) is 0 Å². The number of sulfone groups is 1. The zero-order valence-electron chi connectivity index (χ0n) is 19.3. The van der Waals surface area contributed by atoms with Crippen molar-refractivity contribution >= 4 is 31.8 Å². The Morgan fingerprint density at radius 2 is 1.97 bits per heavy atom. The van der Waals surface area contributed by atoms with Gasteiger partial charge in [0, 0.05) is 25.7 Å². The van der Waals surface area contributed by atoms with E-state index >= 15 is 0 Å². The fourth-order valence-corrected chi connectivity index (χ4v) is 5.64. The van der Waals surface area contributed by atoms with Gasteiger partial charge in [0.05, 0.1) is 22.6 Å². The van der Waals surface area contributed by atoms with Gasteiger partial charge < -0.3 is 19.9 Å². The smallest absolute Gasteiger partial charge is 0.317 e. The van der Waals surface area contributed by atoms with E-state index in [2.05, 4.69) is 54.2 Å². The summed E-state index contributed by atoms with van der Waals surface area (Å²) >= 11 is 3.57. The van der Waals surface area contributed by atoms with Gasteiger partial charge in [-0.1, -0.05) is 26.8 Å². The van der Waals surface area contributed by atoms with E-state index in [0.717, 1.165) is 10.2 Å². The van der Waals surface area contributed by atoms with Crippen molar-refractivity contribution in [3.63, 3.8) is 0 Å². The molecule has 0 radical (unpaired) electrons. The number of carbonyl (C=O) groups is 1. The molecule has 2 amide bonds. The highest BCUT2D eigenvalue weighted by molar-refractivity contribution is 9.10. The van der Waals surface area contributed by atoms with Crippen molar-refractivity contribution in [3.05, 3.63) is 28.2 Å². The van der Waals surface area contributed by atoms with Gasteiger partial charge in [-0.3, -0.25) is 0 Å². The van der Waals surface area contributed by atoms with Gasteiger partial charge in [-0.2, -0.15) is 0 Å². The summed E-state index contributed by atoms with van der Waals surface area (Å²) in [4.78, 5) is 16.4. The molecule has 1 aromatic rings. The van der Waals surface area contributed by atoms with Gasteiger partial charge in [-0.25, -0.2) is 13.2 Å². The Labute approximate surface area is 195 Å². The first-order valence-electron chi connectivity index (χ1n) is 10.7. The summed E-state index contributed by atoms with van der Waals surface area (Å²) < 4.78 is 30.5. The number of ether oxygens (including phenoxy) is 1. The molecule has 2 rings (SSSR count). The lowest BCUT2D eigenvalue weighted by molar-refractivity contribution is 0.172. The molecule has 1 N–H and O–H groups in total. The number of benzene rings is 1. The zero-order chi connectivity index (χ0) is 23.2. The summed E-state index contributed by atoms with van der Waals surface area (Å²) in [6, 6.07) is 5.65. The van der Waals surface area contributed by atoms with Crippen molar-refractivity contribution in [3.8, 4) is 5.75 Å². The van der Waals surface area contributed by atoms with Crippen LogP contribution in [0.2, 0.25) is 0 Å². The van der Waals surface area contributed by atoms with Crippen LogP contribution in [0.3, 0.4) is 0 Å². The summed E-state index contributed by atoms with van der Waals surface area (Å²) in [7, 11) is 0.822. The van der Waals surface area contributed by atoms with E-state index in [1.165, 1.54) is 5.56 Å². The van der Waals surface area contributed by atoms with E-state index in [1.54, 1.807) is 4.90 Å². The number of halogens is 1. The molecule has 9 heteroatoms. The molecule has 7 nitrogen and oxygen atoms in total. The van der Waals surface area contributed by atoms with E-state index in [0.29, 0.717) is 39.1 Å². The van der Waals surface area contributed by atoms with Gasteiger partial charge in [-0.05, 0) is 66.0 Å². The fourth-order valence-electron chi connectivity index (χ4n) is 3.41. The number of amides is 2. The highest BCUT2D eigenvalue weighted by atomic mass is 79.9. The van der Waals surface area contributed by atoms with Gasteiger partial charge >= 0.3 is 6.03 Å². The molecule has 1 unspecified atom stereocenters. The van der Waals surface area contributed by atoms with Crippen molar-refractivity contribution < 1.29 is 17.9 Å². The average Bonchev–Trinajstić information content (AvgIpc) is 3.01. The standard InChI is InChI=1S/C22H36BrN3O4S/c1-22(2,3)17-7-8-20(19(23)15-17)30-13-6-10-24-21(27)26(12-11-25(4)5)18-9-14-31(28,29)16-18/h7-8,15,18H,6,9-14,16H2,1-5H3,(H,24,27). The van der Waals surface area contributed by atoms with Crippen LogP contribution in [-0.2, 0) is 15.3 Å². The van der Waals surface area contributed by atoms with Gasteiger partial charge in [0.1, 0.15) is 5.75 Å². The second kappa shape index (κ2) is 11.0. The Hall–Kier alpha value is -1.32. The Morgan fingerprint density at radius 1 is 1.26 bits per heavy atom. The van der Waals surface area contributed by atoms with Crippen LogP contribution >= 0.6 is 15.9 Å². The molecule has 1 atom stereocenters. The predicted octanol–water partition coefficient (Wildman–Crippen LogP) is 3.28. The first-order chi connectivity index (χ1) is 14.4. The molecule has 0 aliphatic carbocycles. The SMILES string of the molecule is CN(C)CCN(C(=O)NCCCOc1ccc(C(C)(C)C)cc1Br)C1CCS(=O)(=O)C1. The van der Waals surface area contributed by atoms with Crippen molar-refractivity contribution in [1.82, 2.24) is 15.1 Å². The minimum absolute atomic E-state index is 0.0511. The van der Waals surface area contributed by atoms with Crippen molar-refractivity contribution in [2.24, 2.45) is 0 Å². The normalized spacial score (nSPS) is 18.2. The molecule has 176 valence electrons. The Kier molecular flexibility index (Phi) is 9.21. The minimum Gasteiger partial charge on any atom is -0.492 e. The molecular formula is C22H36BrN3O4S. The number of rotatable bonds is 9. The molecular weight excluding hydrogens is 482 g/mol. The first-order valence-corrected chi connectivity index (χ1v) is 13.3. The van der Waals surface area contributed by atoms with E-state index in [-0.39, 0.29) is 29.0 Å². The maximum atomic E-state index is 12.7. The molecule has 31 heavy (non-hydrogen) atoms. The van der Waals surface area contributed by atoms with E-state index < -0.39 is 9.84 Å². The van der Waals surface area contributed by atoms with Gasteiger partial charge in [-0.15, -0.1) is 0 Å². The third kappa shape index (κ3) is 8.27. The Balaban J connectivity index is 1.82. The van der Waals surface area contributed by atoms with Gasteiger partial charge in [0.15, 0.2) is 9.84 Å². The number of urea groups is 1. The molecule has 0 bridgehead atoms. The first kappa shape index (κ1) is 25.9. The van der Waals surface area contributed by atoms with Crippen LogP contribution in [-0.4, -0.2) is 82.1 Å². The number of nitrogens with one attached hydrogen (secondary N) is 1. The van der Waals surface area contributed by atoms with Crippen molar-refractivity contribution in [2.75, 3.05) is 51.8 Å². The van der Waals surface area contributed by atoms with Crippen LogP contribution in [0.1, 0.15) is 39.2 Å². The molecule has 1 aliphatic heterocycles. The van der Waals surface area contributed by atoms with E-state index in [4.69, 9.17) is 4.74 Å². The number of likely N-dealkylation sites (N-methyl/N-ethyl adjacent to an activating group) is 1. The third-order valence-electron chi connectivity index (χ3n) is 5.35. The molecule has 0 spiro atoms. The van der Waals surface area contributed by atoms with Crippen molar-refractivity contribution in [2.45, 2.75) is 45.1 Å². The summed E-state index contributed by atoms with van der Waals surface area (Å²) in [5, 5.41) is 2.92. The summed E-state index contributed by atoms with van der Waals surface area (Å²) in [5.74, 6) is 0.985. The average molecular weight is 519 g/mol. The molecule has 1 heterocycles. The third-order valence-corrected chi connectivity index (χ3v) is 7.72. The summed E-state index contributed by atoms with van der Waals surface area (Å²) in [6.07, 6.45) is 1.16. The van der Waals surface area contributed by atoms with Crippen LogP contribution in [0.15, 0.2) is 22.7 Å².